The number of hydrogen-bond acceptors (Lipinski definition) is 4. The summed E-state index contributed by atoms with van der Waals surface area (Å²) >= 11 is 0. The first-order chi connectivity index (χ1) is 13.3. The average Bonchev–Trinajstić information content (AvgIpc) is 2.88. The van der Waals surface area contributed by atoms with Gasteiger partial charge in [-0.3, -0.25) is 14.5 Å². The number of nitrogens with zero attached hydrogens (tertiary/aromatic N) is 2. The predicted octanol–water partition coefficient (Wildman–Crippen LogP) is 1.38. The molecule has 2 atom stereocenters. The number of aliphatic carboxylic acids is 1. The van der Waals surface area contributed by atoms with E-state index in [4.69, 9.17) is 0 Å². The molecule has 28 heavy (non-hydrogen) atoms. The van der Waals surface area contributed by atoms with Crippen molar-refractivity contribution in [1.29, 1.82) is 0 Å². The third kappa shape index (κ3) is 4.23. The standard InChI is InChI=1S/C19H30N4O5/c1-13-10-14(15(24)25)12-22(11-13)17(27)20-8-5-9-23-16(26)19(21-18(23)28)6-3-2-4-7-19/h13-14H,2-12H2,1H3,(H,20,27)(H,21,28)(H,24,25). The van der Waals surface area contributed by atoms with Crippen molar-refractivity contribution in [3.05, 3.63) is 0 Å². The quantitative estimate of drug-likeness (QED) is 0.481. The summed E-state index contributed by atoms with van der Waals surface area (Å²) in [6.07, 6.45) is 5.42. The molecule has 5 amide bonds. The predicted molar refractivity (Wildman–Crippen MR) is 101 cm³/mol. The summed E-state index contributed by atoms with van der Waals surface area (Å²) in [7, 11) is 0. The van der Waals surface area contributed by atoms with Gasteiger partial charge in [0.1, 0.15) is 5.54 Å². The van der Waals surface area contributed by atoms with Crippen LogP contribution in [0.3, 0.4) is 0 Å². The Hall–Kier alpha value is -2.32. The summed E-state index contributed by atoms with van der Waals surface area (Å²) in [5, 5.41) is 14.9. The number of likely N-dealkylation sites (tertiary alicyclic amines) is 1. The highest BCUT2D eigenvalue weighted by atomic mass is 16.4. The molecular formula is C19H30N4O5. The van der Waals surface area contributed by atoms with E-state index in [1.807, 2.05) is 6.92 Å². The SMILES string of the molecule is CC1CC(C(=O)O)CN(C(=O)NCCCN2C(=O)NC3(CCCCC3)C2=O)C1. The molecule has 2 heterocycles. The van der Waals surface area contributed by atoms with Crippen LogP contribution in [-0.4, -0.2) is 70.6 Å². The first-order valence-electron chi connectivity index (χ1n) is 10.2. The van der Waals surface area contributed by atoms with Gasteiger partial charge in [0.2, 0.25) is 0 Å². The molecule has 0 bridgehead atoms. The molecule has 0 aromatic carbocycles. The molecule has 3 N–H and O–H groups in total. The number of carboxylic acid groups (broad SMARTS) is 1. The lowest BCUT2D eigenvalue weighted by molar-refractivity contribution is -0.143. The van der Waals surface area contributed by atoms with Gasteiger partial charge in [-0.15, -0.1) is 0 Å². The minimum absolute atomic E-state index is 0.137. The zero-order valence-corrected chi connectivity index (χ0v) is 16.4. The highest BCUT2D eigenvalue weighted by Crippen LogP contribution is 2.33. The number of piperidine rings is 1. The van der Waals surface area contributed by atoms with Crippen LogP contribution in [0.15, 0.2) is 0 Å². The van der Waals surface area contributed by atoms with Gasteiger partial charge < -0.3 is 20.6 Å². The van der Waals surface area contributed by atoms with E-state index >= 15 is 0 Å². The Bertz CT molecular complexity index is 646. The van der Waals surface area contributed by atoms with Crippen molar-refractivity contribution in [3.8, 4) is 0 Å². The molecule has 156 valence electrons. The fourth-order valence-electron chi connectivity index (χ4n) is 4.61. The van der Waals surface area contributed by atoms with Crippen LogP contribution >= 0.6 is 0 Å². The molecule has 3 aliphatic rings. The molecule has 2 unspecified atom stereocenters. The summed E-state index contributed by atoms with van der Waals surface area (Å²) in [4.78, 5) is 51.3. The van der Waals surface area contributed by atoms with Crippen LogP contribution < -0.4 is 10.6 Å². The van der Waals surface area contributed by atoms with E-state index in [0.29, 0.717) is 38.8 Å². The fourth-order valence-corrected chi connectivity index (χ4v) is 4.61. The van der Waals surface area contributed by atoms with Crippen LogP contribution in [0.5, 0.6) is 0 Å². The molecule has 1 spiro atoms. The lowest BCUT2D eigenvalue weighted by atomic mass is 9.82. The number of carbonyl (C=O) groups is 4. The molecule has 9 nitrogen and oxygen atoms in total. The summed E-state index contributed by atoms with van der Waals surface area (Å²) in [6, 6.07) is -0.633. The first-order valence-corrected chi connectivity index (χ1v) is 10.2. The van der Waals surface area contributed by atoms with Gasteiger partial charge in [0, 0.05) is 26.2 Å². The van der Waals surface area contributed by atoms with Crippen molar-refractivity contribution in [2.24, 2.45) is 11.8 Å². The van der Waals surface area contributed by atoms with E-state index < -0.39 is 17.4 Å². The van der Waals surface area contributed by atoms with E-state index in [0.717, 1.165) is 19.3 Å². The number of carbonyl (C=O) groups excluding carboxylic acids is 3. The summed E-state index contributed by atoms with van der Waals surface area (Å²) in [5.74, 6) is -1.41. The van der Waals surface area contributed by atoms with E-state index in [1.54, 1.807) is 0 Å². The highest BCUT2D eigenvalue weighted by molar-refractivity contribution is 6.07. The van der Waals surface area contributed by atoms with Gasteiger partial charge >= 0.3 is 18.0 Å². The molecule has 0 aromatic heterocycles. The van der Waals surface area contributed by atoms with E-state index in [9.17, 15) is 24.3 Å². The van der Waals surface area contributed by atoms with Gasteiger partial charge in [0.25, 0.3) is 5.91 Å². The second-order valence-electron chi connectivity index (χ2n) is 8.40. The lowest BCUT2D eigenvalue weighted by Crippen LogP contribution is -2.50. The molecule has 1 saturated carbocycles. The number of hydrogen-bond donors (Lipinski definition) is 3. The van der Waals surface area contributed by atoms with Crippen LogP contribution in [0.2, 0.25) is 0 Å². The van der Waals surface area contributed by atoms with Crippen LogP contribution in [0.25, 0.3) is 0 Å². The number of rotatable bonds is 5. The Labute approximate surface area is 164 Å². The summed E-state index contributed by atoms with van der Waals surface area (Å²) in [5.41, 5.74) is -0.714. The van der Waals surface area contributed by atoms with Gasteiger partial charge in [0.15, 0.2) is 0 Å². The molecular weight excluding hydrogens is 364 g/mol. The number of carboxylic acids is 1. The maximum atomic E-state index is 12.7. The molecule has 2 aliphatic heterocycles. The van der Waals surface area contributed by atoms with Crippen LogP contribution in [0, 0.1) is 11.8 Å². The second kappa shape index (κ2) is 8.36. The molecule has 2 saturated heterocycles. The Balaban J connectivity index is 1.44. The largest absolute Gasteiger partial charge is 0.481 e. The van der Waals surface area contributed by atoms with Crippen molar-refractivity contribution in [3.63, 3.8) is 0 Å². The third-order valence-electron chi connectivity index (χ3n) is 6.08. The maximum absolute atomic E-state index is 12.7. The van der Waals surface area contributed by atoms with Crippen molar-refractivity contribution in [2.75, 3.05) is 26.2 Å². The van der Waals surface area contributed by atoms with Gasteiger partial charge in [-0.25, -0.2) is 9.59 Å². The minimum Gasteiger partial charge on any atom is -0.481 e. The normalized spacial score (nSPS) is 27.0. The van der Waals surface area contributed by atoms with Crippen LogP contribution in [-0.2, 0) is 9.59 Å². The Morgan fingerprint density at radius 1 is 1.21 bits per heavy atom. The van der Waals surface area contributed by atoms with E-state index in [2.05, 4.69) is 10.6 Å². The first kappa shape index (κ1) is 20.4. The minimum atomic E-state index is -0.875. The fraction of sp³-hybridized carbons (Fsp3) is 0.789. The topological polar surface area (TPSA) is 119 Å². The maximum Gasteiger partial charge on any atom is 0.325 e. The molecule has 3 rings (SSSR count). The highest BCUT2D eigenvalue weighted by Gasteiger charge is 2.50. The molecule has 0 aromatic rings. The summed E-state index contributed by atoms with van der Waals surface area (Å²) in [6.45, 7) is 3.27. The van der Waals surface area contributed by atoms with Crippen LogP contribution in [0.4, 0.5) is 9.59 Å². The summed E-state index contributed by atoms with van der Waals surface area (Å²) < 4.78 is 0. The van der Waals surface area contributed by atoms with E-state index in [1.165, 1.54) is 9.80 Å². The molecule has 3 fully saturated rings. The Morgan fingerprint density at radius 2 is 1.93 bits per heavy atom. The van der Waals surface area contributed by atoms with Gasteiger partial charge in [-0.05, 0) is 31.6 Å². The lowest BCUT2D eigenvalue weighted by Gasteiger charge is -2.34. The van der Waals surface area contributed by atoms with Gasteiger partial charge in [-0.2, -0.15) is 0 Å². The number of imide groups is 1. The molecule has 9 heteroatoms. The third-order valence-corrected chi connectivity index (χ3v) is 6.08. The zero-order valence-electron chi connectivity index (χ0n) is 16.4. The molecule has 0 radical (unpaired) electrons. The van der Waals surface area contributed by atoms with Gasteiger partial charge in [-0.1, -0.05) is 26.2 Å². The average molecular weight is 394 g/mol. The molecule has 1 aliphatic carbocycles. The van der Waals surface area contributed by atoms with Crippen molar-refractivity contribution in [1.82, 2.24) is 20.4 Å². The second-order valence-corrected chi connectivity index (χ2v) is 8.40. The smallest absolute Gasteiger partial charge is 0.325 e. The van der Waals surface area contributed by atoms with Crippen molar-refractivity contribution >= 4 is 23.9 Å². The van der Waals surface area contributed by atoms with Crippen LogP contribution in [0.1, 0.15) is 51.9 Å². The zero-order chi connectivity index (χ0) is 20.3. The number of urea groups is 2. The van der Waals surface area contributed by atoms with Gasteiger partial charge in [0.05, 0.1) is 5.92 Å². The van der Waals surface area contributed by atoms with Crippen molar-refractivity contribution in [2.45, 2.75) is 57.4 Å². The number of nitrogens with one attached hydrogen (secondary N) is 2. The van der Waals surface area contributed by atoms with Crippen molar-refractivity contribution < 1.29 is 24.3 Å². The van der Waals surface area contributed by atoms with E-state index in [-0.39, 0.29) is 37.0 Å². The Morgan fingerprint density at radius 3 is 2.61 bits per heavy atom. The monoisotopic (exact) mass is 394 g/mol. The number of amides is 5. The Kier molecular flexibility index (Phi) is 6.10.